The fourth-order valence-electron chi connectivity index (χ4n) is 2.60. The summed E-state index contributed by atoms with van der Waals surface area (Å²) in [6, 6.07) is 10.9. The maximum Gasteiger partial charge on any atom is 0.184 e. The van der Waals surface area contributed by atoms with Crippen LogP contribution >= 0.6 is 0 Å². The van der Waals surface area contributed by atoms with Gasteiger partial charge in [0.25, 0.3) is 0 Å². The molecule has 3 rings (SSSR count). The van der Waals surface area contributed by atoms with E-state index < -0.39 is 0 Å². The van der Waals surface area contributed by atoms with Gasteiger partial charge in [0.15, 0.2) is 5.78 Å². The van der Waals surface area contributed by atoms with Gasteiger partial charge in [0.2, 0.25) is 0 Å². The molecule has 2 N–H and O–H groups in total. The molecule has 2 aromatic carbocycles. The summed E-state index contributed by atoms with van der Waals surface area (Å²) in [4.78, 5) is 12.5. The minimum Gasteiger partial charge on any atom is -0.507 e. The third kappa shape index (κ3) is 1.77. The van der Waals surface area contributed by atoms with Crippen molar-refractivity contribution in [3.63, 3.8) is 0 Å². The summed E-state index contributed by atoms with van der Waals surface area (Å²) in [5.74, 6) is 0.0780. The molecule has 1 heterocycles. The Bertz CT molecular complexity index is 600. The number of carbonyl (C=O) groups is 1. The Labute approximate surface area is 105 Å². The third-order valence-corrected chi connectivity index (χ3v) is 3.53. The molecule has 0 spiro atoms. The average molecular weight is 241 g/mol. The number of aromatic hydroxyl groups is 1. The van der Waals surface area contributed by atoms with Crippen LogP contribution in [0.2, 0.25) is 0 Å². The molecule has 0 aromatic heterocycles. The SMILES string of the molecule is O=C(c1c(O)ccc2ccccc12)C1CCCN1. The van der Waals surface area contributed by atoms with E-state index in [0.717, 1.165) is 30.2 Å². The number of Topliss-reactive ketones (excluding diaryl/α,β-unsaturated/α-hetero) is 1. The zero-order valence-corrected chi connectivity index (χ0v) is 10.0. The molecule has 3 heteroatoms. The molecule has 1 fully saturated rings. The van der Waals surface area contributed by atoms with Gasteiger partial charge in [0, 0.05) is 0 Å². The Morgan fingerprint density at radius 2 is 2.06 bits per heavy atom. The molecule has 1 aliphatic heterocycles. The van der Waals surface area contributed by atoms with Crippen LogP contribution in [0.25, 0.3) is 10.8 Å². The first kappa shape index (κ1) is 11.2. The van der Waals surface area contributed by atoms with Gasteiger partial charge in [0.1, 0.15) is 5.75 Å². The van der Waals surface area contributed by atoms with Gasteiger partial charge in [0.05, 0.1) is 11.6 Å². The Morgan fingerprint density at radius 1 is 1.22 bits per heavy atom. The van der Waals surface area contributed by atoms with E-state index in [9.17, 15) is 9.90 Å². The minimum atomic E-state index is -0.151. The standard InChI is InChI=1S/C15H15NO2/c17-13-8-7-10-4-1-2-5-11(10)14(13)15(18)12-6-3-9-16-12/h1-2,4-5,7-8,12,16-17H,3,6,9H2. The van der Waals surface area contributed by atoms with E-state index in [1.165, 1.54) is 0 Å². The second-order valence-electron chi connectivity index (χ2n) is 4.69. The lowest BCUT2D eigenvalue weighted by molar-refractivity contribution is 0.0951. The highest BCUT2D eigenvalue weighted by Gasteiger charge is 2.26. The smallest absolute Gasteiger partial charge is 0.184 e. The summed E-state index contributed by atoms with van der Waals surface area (Å²) in [5.41, 5.74) is 0.451. The molecule has 3 nitrogen and oxygen atoms in total. The van der Waals surface area contributed by atoms with Gasteiger partial charge < -0.3 is 10.4 Å². The first-order valence-corrected chi connectivity index (χ1v) is 6.25. The number of hydrogen-bond donors (Lipinski definition) is 2. The summed E-state index contributed by atoms with van der Waals surface area (Å²) in [6.45, 7) is 0.877. The fourth-order valence-corrected chi connectivity index (χ4v) is 2.60. The average Bonchev–Trinajstić information content (AvgIpc) is 2.92. The van der Waals surface area contributed by atoms with Crippen molar-refractivity contribution in [2.24, 2.45) is 0 Å². The molecule has 18 heavy (non-hydrogen) atoms. The fraction of sp³-hybridized carbons (Fsp3) is 0.267. The van der Waals surface area contributed by atoms with E-state index >= 15 is 0 Å². The van der Waals surface area contributed by atoms with Crippen LogP contribution in [-0.2, 0) is 0 Å². The number of nitrogens with one attached hydrogen (secondary N) is 1. The van der Waals surface area contributed by atoms with Gasteiger partial charge in [-0.2, -0.15) is 0 Å². The molecule has 0 aliphatic carbocycles. The summed E-state index contributed by atoms with van der Waals surface area (Å²) < 4.78 is 0. The summed E-state index contributed by atoms with van der Waals surface area (Å²) in [6.07, 6.45) is 1.86. The molecule has 0 radical (unpaired) electrons. The summed E-state index contributed by atoms with van der Waals surface area (Å²) in [5, 5.41) is 15.0. The molecule has 0 saturated carbocycles. The maximum atomic E-state index is 12.5. The Balaban J connectivity index is 2.14. The number of fused-ring (bicyclic) bond motifs is 1. The predicted octanol–water partition coefficient (Wildman–Crippen LogP) is 2.48. The van der Waals surface area contributed by atoms with E-state index in [2.05, 4.69) is 5.32 Å². The second-order valence-corrected chi connectivity index (χ2v) is 4.69. The quantitative estimate of drug-likeness (QED) is 0.794. The van der Waals surface area contributed by atoms with Crippen molar-refractivity contribution >= 4 is 16.6 Å². The van der Waals surface area contributed by atoms with Crippen LogP contribution in [0.3, 0.4) is 0 Å². The lowest BCUT2D eigenvalue weighted by Gasteiger charge is -2.12. The minimum absolute atomic E-state index is 0.00167. The van der Waals surface area contributed by atoms with Gasteiger partial charge in [-0.3, -0.25) is 4.79 Å². The highest BCUT2D eigenvalue weighted by atomic mass is 16.3. The van der Waals surface area contributed by atoms with Crippen LogP contribution in [0.1, 0.15) is 23.2 Å². The first-order valence-electron chi connectivity index (χ1n) is 6.25. The van der Waals surface area contributed by atoms with E-state index in [4.69, 9.17) is 0 Å². The van der Waals surface area contributed by atoms with Crippen molar-refractivity contribution in [3.05, 3.63) is 42.0 Å². The molecule has 0 amide bonds. The van der Waals surface area contributed by atoms with Crippen molar-refractivity contribution in [3.8, 4) is 5.75 Å². The maximum absolute atomic E-state index is 12.5. The largest absolute Gasteiger partial charge is 0.507 e. The summed E-state index contributed by atoms with van der Waals surface area (Å²) >= 11 is 0. The van der Waals surface area contributed by atoms with E-state index in [0.29, 0.717) is 5.56 Å². The number of phenols is 1. The molecule has 2 aromatic rings. The van der Waals surface area contributed by atoms with E-state index in [1.54, 1.807) is 6.07 Å². The van der Waals surface area contributed by atoms with Gasteiger partial charge in [-0.1, -0.05) is 30.3 Å². The van der Waals surface area contributed by atoms with Crippen LogP contribution in [0, 0.1) is 0 Å². The zero-order chi connectivity index (χ0) is 12.5. The highest BCUT2D eigenvalue weighted by molar-refractivity contribution is 6.12. The molecule has 1 saturated heterocycles. The zero-order valence-electron chi connectivity index (χ0n) is 10.0. The monoisotopic (exact) mass is 241 g/mol. The molecule has 1 atom stereocenters. The van der Waals surface area contributed by atoms with Gasteiger partial charge in [-0.15, -0.1) is 0 Å². The number of phenolic OH excluding ortho intramolecular Hbond substituents is 1. The highest BCUT2D eigenvalue weighted by Crippen LogP contribution is 2.29. The lowest BCUT2D eigenvalue weighted by atomic mass is 9.96. The molecule has 92 valence electrons. The van der Waals surface area contributed by atoms with Crippen molar-refractivity contribution < 1.29 is 9.90 Å². The number of benzene rings is 2. The third-order valence-electron chi connectivity index (χ3n) is 3.53. The van der Waals surface area contributed by atoms with Gasteiger partial charge >= 0.3 is 0 Å². The van der Waals surface area contributed by atoms with Crippen LogP contribution < -0.4 is 5.32 Å². The van der Waals surface area contributed by atoms with Crippen LogP contribution in [0.5, 0.6) is 5.75 Å². The van der Waals surface area contributed by atoms with E-state index in [-0.39, 0.29) is 17.6 Å². The van der Waals surface area contributed by atoms with Crippen molar-refractivity contribution in [1.82, 2.24) is 5.32 Å². The van der Waals surface area contributed by atoms with Crippen molar-refractivity contribution in [2.45, 2.75) is 18.9 Å². The number of carbonyl (C=O) groups excluding carboxylic acids is 1. The molecule has 1 aliphatic rings. The molecule has 0 bridgehead atoms. The number of ketones is 1. The Hall–Kier alpha value is -1.87. The van der Waals surface area contributed by atoms with Crippen LogP contribution in [-0.4, -0.2) is 23.5 Å². The molecular weight excluding hydrogens is 226 g/mol. The molecule has 1 unspecified atom stereocenters. The van der Waals surface area contributed by atoms with Crippen molar-refractivity contribution in [1.29, 1.82) is 0 Å². The van der Waals surface area contributed by atoms with E-state index in [1.807, 2.05) is 30.3 Å². The topological polar surface area (TPSA) is 49.3 Å². The van der Waals surface area contributed by atoms with Crippen LogP contribution in [0.15, 0.2) is 36.4 Å². The first-order chi connectivity index (χ1) is 8.77. The van der Waals surface area contributed by atoms with Crippen molar-refractivity contribution in [2.75, 3.05) is 6.54 Å². The van der Waals surface area contributed by atoms with Gasteiger partial charge in [-0.25, -0.2) is 0 Å². The molecular formula is C15H15NO2. The Morgan fingerprint density at radius 3 is 2.83 bits per heavy atom. The predicted molar refractivity (Wildman–Crippen MR) is 71.0 cm³/mol. The Kier molecular flexibility index (Phi) is 2.76. The van der Waals surface area contributed by atoms with Gasteiger partial charge in [-0.05, 0) is 36.2 Å². The lowest BCUT2D eigenvalue weighted by Crippen LogP contribution is -2.30. The second kappa shape index (κ2) is 4.42. The normalized spacial score (nSPS) is 19.2. The summed E-state index contributed by atoms with van der Waals surface area (Å²) in [7, 11) is 0. The number of rotatable bonds is 2. The van der Waals surface area contributed by atoms with Crippen LogP contribution in [0.4, 0.5) is 0 Å². The number of hydrogen-bond acceptors (Lipinski definition) is 3.